The van der Waals surface area contributed by atoms with Crippen LogP contribution in [0.25, 0.3) is 0 Å². The number of nitrogens with one attached hydrogen (secondary N) is 2. The summed E-state index contributed by atoms with van der Waals surface area (Å²) >= 11 is 6.10. The van der Waals surface area contributed by atoms with E-state index in [0.29, 0.717) is 28.0 Å². The number of halogens is 1. The van der Waals surface area contributed by atoms with Crippen LogP contribution in [0.5, 0.6) is 11.6 Å². The molecule has 2 aromatic heterocycles. The monoisotopic (exact) mass is 501 g/mol. The fourth-order valence-corrected chi connectivity index (χ4v) is 4.01. The number of carbonyl (C=O) groups excluding carboxylic acids is 2. The maximum Gasteiger partial charge on any atom is 0.320 e. The predicted molar refractivity (Wildman–Crippen MR) is 126 cm³/mol. The molecule has 0 atom stereocenters. The zero-order valence-electron chi connectivity index (χ0n) is 19.1. The molecule has 11 nitrogen and oxygen atoms in total. The molecule has 0 spiro atoms. The maximum absolute atomic E-state index is 12.5. The molecule has 0 aliphatic heterocycles. The van der Waals surface area contributed by atoms with Crippen LogP contribution < -0.4 is 20.1 Å². The molecule has 12 heteroatoms. The SMILES string of the molecule is COc1c(Cl)cccc1Nc1nnc(C(=O)Nc2ccc(O[C@H]3CC[C@H](C(=O)OC)CC3)nc2)o1. The van der Waals surface area contributed by atoms with E-state index in [9.17, 15) is 9.59 Å². The van der Waals surface area contributed by atoms with E-state index in [4.69, 9.17) is 30.2 Å². The van der Waals surface area contributed by atoms with E-state index in [1.165, 1.54) is 20.4 Å². The maximum atomic E-state index is 12.5. The summed E-state index contributed by atoms with van der Waals surface area (Å²) < 4.78 is 21.4. The molecule has 1 fully saturated rings. The number of carbonyl (C=O) groups is 2. The third-order valence-electron chi connectivity index (χ3n) is 5.52. The highest BCUT2D eigenvalue weighted by molar-refractivity contribution is 6.32. The minimum atomic E-state index is -0.597. The van der Waals surface area contributed by atoms with Crippen molar-refractivity contribution in [2.45, 2.75) is 31.8 Å². The van der Waals surface area contributed by atoms with Crippen LogP contribution in [0.4, 0.5) is 17.4 Å². The van der Waals surface area contributed by atoms with Crippen molar-refractivity contribution >= 4 is 40.9 Å². The Balaban J connectivity index is 1.30. The first-order valence-electron chi connectivity index (χ1n) is 10.9. The third kappa shape index (κ3) is 5.99. The van der Waals surface area contributed by atoms with Crippen molar-refractivity contribution in [2.24, 2.45) is 5.92 Å². The molecule has 0 saturated heterocycles. The van der Waals surface area contributed by atoms with Crippen LogP contribution in [0, 0.1) is 5.92 Å². The molecule has 4 rings (SSSR count). The molecule has 0 unspecified atom stereocenters. The van der Waals surface area contributed by atoms with Crippen molar-refractivity contribution in [3.63, 3.8) is 0 Å². The Morgan fingerprint density at radius 2 is 1.89 bits per heavy atom. The van der Waals surface area contributed by atoms with E-state index in [1.807, 2.05) is 0 Å². The standard InChI is InChI=1S/C23H24ClN5O6/c1-32-19-16(24)4-3-5-17(19)27-23-29-28-21(35-23)20(30)26-14-8-11-18(25-12-14)34-15-9-6-13(7-10-15)22(31)33-2/h3-5,8,11-13,15H,6-7,9-10H2,1-2H3,(H,26,30)(H,27,29)/t13-,15-. The first kappa shape index (κ1) is 24.3. The van der Waals surface area contributed by atoms with Gasteiger partial charge in [-0.15, -0.1) is 5.10 Å². The highest BCUT2D eigenvalue weighted by atomic mass is 35.5. The normalized spacial score (nSPS) is 17.3. The largest absolute Gasteiger partial charge is 0.493 e. The van der Waals surface area contributed by atoms with Gasteiger partial charge in [-0.25, -0.2) is 4.98 Å². The number of benzene rings is 1. The summed E-state index contributed by atoms with van der Waals surface area (Å²) in [6.07, 6.45) is 4.38. The summed E-state index contributed by atoms with van der Waals surface area (Å²) in [6, 6.07) is 8.44. The van der Waals surface area contributed by atoms with Gasteiger partial charge >= 0.3 is 23.8 Å². The molecular weight excluding hydrogens is 478 g/mol. The average molecular weight is 502 g/mol. The van der Waals surface area contributed by atoms with Crippen LogP contribution in [0.15, 0.2) is 40.9 Å². The molecule has 184 valence electrons. The molecule has 3 aromatic rings. The van der Waals surface area contributed by atoms with E-state index in [2.05, 4.69) is 25.8 Å². The summed E-state index contributed by atoms with van der Waals surface area (Å²) in [5.41, 5.74) is 0.940. The summed E-state index contributed by atoms with van der Waals surface area (Å²) in [5, 5.41) is 13.5. The van der Waals surface area contributed by atoms with Crippen molar-refractivity contribution in [3.05, 3.63) is 47.4 Å². The van der Waals surface area contributed by atoms with Crippen LogP contribution >= 0.6 is 11.6 Å². The van der Waals surface area contributed by atoms with Crippen LogP contribution in [0.2, 0.25) is 5.02 Å². The molecule has 35 heavy (non-hydrogen) atoms. The minimum Gasteiger partial charge on any atom is -0.493 e. The number of pyridine rings is 1. The zero-order chi connectivity index (χ0) is 24.8. The highest BCUT2D eigenvalue weighted by Gasteiger charge is 2.28. The minimum absolute atomic E-state index is 0.000454. The molecule has 1 aromatic carbocycles. The number of ether oxygens (including phenoxy) is 3. The van der Waals surface area contributed by atoms with Crippen molar-refractivity contribution in [3.8, 4) is 11.6 Å². The Bertz CT molecular complexity index is 1180. The Labute approximate surface area is 206 Å². The smallest absolute Gasteiger partial charge is 0.320 e. The number of rotatable bonds is 8. The molecule has 1 amide bonds. The zero-order valence-corrected chi connectivity index (χ0v) is 19.9. The Morgan fingerprint density at radius 1 is 1.09 bits per heavy atom. The summed E-state index contributed by atoms with van der Waals surface area (Å²) in [4.78, 5) is 28.4. The van der Waals surface area contributed by atoms with Crippen LogP contribution in [-0.4, -0.2) is 47.4 Å². The first-order chi connectivity index (χ1) is 17.0. The van der Waals surface area contributed by atoms with Gasteiger partial charge in [-0.1, -0.05) is 22.8 Å². The molecule has 1 saturated carbocycles. The van der Waals surface area contributed by atoms with Gasteiger partial charge in [-0.05, 0) is 43.9 Å². The predicted octanol–water partition coefficient (Wildman–Crippen LogP) is 4.23. The number of esters is 1. The van der Waals surface area contributed by atoms with Crippen molar-refractivity contribution < 1.29 is 28.2 Å². The fourth-order valence-electron chi connectivity index (χ4n) is 3.76. The fraction of sp³-hybridized carbons (Fsp3) is 0.348. The highest BCUT2D eigenvalue weighted by Crippen LogP contribution is 2.34. The number of para-hydroxylation sites is 1. The van der Waals surface area contributed by atoms with E-state index in [-0.39, 0.29) is 29.9 Å². The van der Waals surface area contributed by atoms with Gasteiger partial charge in [0, 0.05) is 6.07 Å². The average Bonchev–Trinajstić information content (AvgIpc) is 3.34. The first-order valence-corrected chi connectivity index (χ1v) is 11.3. The van der Waals surface area contributed by atoms with Crippen molar-refractivity contribution in [1.29, 1.82) is 0 Å². The number of aromatic nitrogens is 3. The van der Waals surface area contributed by atoms with Crippen LogP contribution in [-0.2, 0) is 9.53 Å². The molecule has 2 N–H and O–H groups in total. The second kappa shape index (κ2) is 11.0. The Kier molecular flexibility index (Phi) is 7.66. The lowest BCUT2D eigenvalue weighted by Crippen LogP contribution is -2.28. The van der Waals surface area contributed by atoms with Gasteiger partial charge in [0.15, 0.2) is 5.75 Å². The summed E-state index contributed by atoms with van der Waals surface area (Å²) in [6.45, 7) is 0. The lowest BCUT2D eigenvalue weighted by molar-refractivity contribution is -0.147. The van der Waals surface area contributed by atoms with Crippen molar-refractivity contribution in [2.75, 3.05) is 24.9 Å². The van der Waals surface area contributed by atoms with Gasteiger partial charge in [0.2, 0.25) is 5.88 Å². The number of amides is 1. The molecule has 0 bridgehead atoms. The van der Waals surface area contributed by atoms with Crippen LogP contribution in [0.3, 0.4) is 0 Å². The van der Waals surface area contributed by atoms with Gasteiger partial charge in [-0.2, -0.15) is 0 Å². The van der Waals surface area contributed by atoms with Gasteiger partial charge < -0.3 is 29.3 Å². The Hall–Kier alpha value is -3.86. The van der Waals surface area contributed by atoms with E-state index < -0.39 is 5.91 Å². The Morgan fingerprint density at radius 3 is 2.57 bits per heavy atom. The van der Waals surface area contributed by atoms with Gasteiger partial charge in [0.25, 0.3) is 0 Å². The van der Waals surface area contributed by atoms with E-state index in [1.54, 1.807) is 30.3 Å². The second-order valence-corrected chi connectivity index (χ2v) is 8.22. The lowest BCUT2D eigenvalue weighted by Gasteiger charge is -2.27. The van der Waals surface area contributed by atoms with E-state index >= 15 is 0 Å². The lowest BCUT2D eigenvalue weighted by atomic mass is 9.87. The molecule has 1 aliphatic rings. The summed E-state index contributed by atoms with van der Waals surface area (Å²) in [5.74, 6) is -0.239. The second-order valence-electron chi connectivity index (χ2n) is 7.81. The summed E-state index contributed by atoms with van der Waals surface area (Å²) in [7, 11) is 2.89. The topological polar surface area (TPSA) is 138 Å². The van der Waals surface area contributed by atoms with E-state index in [0.717, 1.165) is 25.7 Å². The number of nitrogens with zero attached hydrogens (tertiary/aromatic N) is 3. The molecular formula is C23H24ClN5O6. The molecule has 2 heterocycles. The number of hydrogen-bond donors (Lipinski definition) is 2. The van der Waals surface area contributed by atoms with Gasteiger partial charge in [0.1, 0.15) is 6.10 Å². The van der Waals surface area contributed by atoms with Gasteiger partial charge in [0.05, 0.1) is 42.7 Å². The number of anilines is 3. The third-order valence-corrected chi connectivity index (χ3v) is 5.82. The van der Waals surface area contributed by atoms with Crippen molar-refractivity contribution in [1.82, 2.24) is 15.2 Å². The van der Waals surface area contributed by atoms with Gasteiger partial charge in [-0.3, -0.25) is 9.59 Å². The number of hydrogen-bond acceptors (Lipinski definition) is 10. The molecule has 0 radical (unpaired) electrons. The molecule has 1 aliphatic carbocycles. The van der Waals surface area contributed by atoms with Crippen LogP contribution in [0.1, 0.15) is 36.4 Å². The quantitative estimate of drug-likeness (QED) is 0.431. The number of methoxy groups -OCH3 is 2.